The van der Waals surface area contributed by atoms with Crippen molar-refractivity contribution in [1.29, 1.82) is 0 Å². The topological polar surface area (TPSA) is 58.4 Å². The lowest BCUT2D eigenvalue weighted by Crippen LogP contribution is -2.25. The van der Waals surface area contributed by atoms with Gasteiger partial charge in [-0.3, -0.25) is 9.69 Å². The molecule has 2 aromatic rings. The zero-order valence-electron chi connectivity index (χ0n) is 12.3. The summed E-state index contributed by atoms with van der Waals surface area (Å²) in [5, 5.41) is 14.1. The summed E-state index contributed by atoms with van der Waals surface area (Å²) in [5.74, 6) is -0.835. The number of rotatable bonds is 5. The van der Waals surface area contributed by atoms with Gasteiger partial charge in [-0.25, -0.2) is 4.68 Å². The van der Waals surface area contributed by atoms with E-state index in [0.29, 0.717) is 11.6 Å². The third-order valence-electron chi connectivity index (χ3n) is 3.35. The van der Waals surface area contributed by atoms with Crippen LogP contribution < -0.4 is 0 Å². The van der Waals surface area contributed by atoms with Gasteiger partial charge in [-0.2, -0.15) is 5.10 Å². The molecule has 0 saturated heterocycles. The monoisotopic (exact) mass is 307 g/mol. The summed E-state index contributed by atoms with van der Waals surface area (Å²) in [6.45, 7) is 4.48. The predicted octanol–water partition coefficient (Wildman–Crippen LogP) is 2.66. The Morgan fingerprint density at radius 2 is 1.95 bits per heavy atom. The molecular formula is C15H18ClN3O2. The van der Waals surface area contributed by atoms with Crippen LogP contribution in [-0.2, 0) is 11.3 Å². The van der Waals surface area contributed by atoms with Crippen LogP contribution in [0.1, 0.15) is 17.0 Å². The molecule has 0 spiro atoms. The third kappa shape index (κ3) is 3.62. The van der Waals surface area contributed by atoms with Gasteiger partial charge in [0.15, 0.2) is 0 Å². The number of benzene rings is 1. The Hall–Kier alpha value is -1.85. The van der Waals surface area contributed by atoms with Crippen molar-refractivity contribution in [3.8, 4) is 5.69 Å². The zero-order chi connectivity index (χ0) is 15.6. The van der Waals surface area contributed by atoms with E-state index in [2.05, 4.69) is 5.10 Å². The minimum absolute atomic E-state index is 0.00497. The van der Waals surface area contributed by atoms with Crippen LogP contribution in [0.15, 0.2) is 24.3 Å². The minimum Gasteiger partial charge on any atom is -0.480 e. The second-order valence-electron chi connectivity index (χ2n) is 5.10. The number of aromatic nitrogens is 2. The maximum atomic E-state index is 10.8. The first-order valence-electron chi connectivity index (χ1n) is 6.60. The average Bonchev–Trinajstić information content (AvgIpc) is 2.67. The molecule has 0 radical (unpaired) electrons. The van der Waals surface area contributed by atoms with E-state index in [9.17, 15) is 4.79 Å². The summed E-state index contributed by atoms with van der Waals surface area (Å²) < 4.78 is 1.86. The number of aryl methyl sites for hydroxylation is 1. The van der Waals surface area contributed by atoms with Crippen molar-refractivity contribution in [2.75, 3.05) is 13.6 Å². The van der Waals surface area contributed by atoms with Gasteiger partial charge < -0.3 is 5.11 Å². The second-order valence-corrected chi connectivity index (χ2v) is 5.54. The number of hydrogen-bond acceptors (Lipinski definition) is 3. The summed E-state index contributed by atoms with van der Waals surface area (Å²) in [4.78, 5) is 12.5. The molecule has 1 heterocycles. The summed E-state index contributed by atoms with van der Waals surface area (Å²) >= 11 is 5.90. The van der Waals surface area contributed by atoms with Gasteiger partial charge in [-0.15, -0.1) is 0 Å². The van der Waals surface area contributed by atoms with Crippen LogP contribution >= 0.6 is 11.6 Å². The van der Waals surface area contributed by atoms with Gasteiger partial charge in [0.1, 0.15) is 0 Å². The molecule has 0 atom stereocenters. The number of carboxylic acids is 1. The highest BCUT2D eigenvalue weighted by atomic mass is 35.5. The van der Waals surface area contributed by atoms with Crippen LogP contribution in [0.2, 0.25) is 5.02 Å². The number of nitrogens with zero attached hydrogens (tertiary/aromatic N) is 3. The van der Waals surface area contributed by atoms with Crippen molar-refractivity contribution < 1.29 is 9.90 Å². The van der Waals surface area contributed by atoms with Gasteiger partial charge in [0.2, 0.25) is 0 Å². The first-order valence-corrected chi connectivity index (χ1v) is 6.97. The average molecular weight is 308 g/mol. The van der Waals surface area contributed by atoms with Crippen LogP contribution in [0.5, 0.6) is 0 Å². The Kier molecular flexibility index (Phi) is 4.65. The number of carbonyl (C=O) groups is 1. The Labute approximate surface area is 128 Å². The van der Waals surface area contributed by atoms with Gasteiger partial charge >= 0.3 is 5.97 Å². The Bertz CT molecular complexity index is 650. The Morgan fingerprint density at radius 3 is 2.52 bits per heavy atom. The van der Waals surface area contributed by atoms with E-state index < -0.39 is 5.97 Å². The van der Waals surface area contributed by atoms with Crippen molar-refractivity contribution in [2.24, 2.45) is 0 Å². The van der Waals surface area contributed by atoms with Gasteiger partial charge in [0.05, 0.1) is 17.9 Å². The largest absolute Gasteiger partial charge is 0.480 e. The Morgan fingerprint density at radius 1 is 1.33 bits per heavy atom. The smallest absolute Gasteiger partial charge is 0.317 e. The highest BCUT2D eigenvalue weighted by molar-refractivity contribution is 6.30. The molecule has 0 fully saturated rings. The van der Waals surface area contributed by atoms with E-state index in [1.165, 1.54) is 0 Å². The molecule has 1 N–H and O–H groups in total. The summed E-state index contributed by atoms with van der Waals surface area (Å²) in [7, 11) is 1.78. The number of aliphatic carboxylic acids is 1. The summed E-state index contributed by atoms with van der Waals surface area (Å²) in [6.07, 6.45) is 0. The van der Waals surface area contributed by atoms with Crippen molar-refractivity contribution in [3.05, 3.63) is 46.2 Å². The number of likely N-dealkylation sites (N-methyl/N-ethyl adjacent to an activating group) is 1. The molecule has 0 bridgehead atoms. The van der Waals surface area contributed by atoms with E-state index >= 15 is 0 Å². The first kappa shape index (κ1) is 15.5. The van der Waals surface area contributed by atoms with Gasteiger partial charge in [-0.05, 0) is 45.2 Å². The molecule has 112 valence electrons. The zero-order valence-corrected chi connectivity index (χ0v) is 13.1. The van der Waals surface area contributed by atoms with Crippen molar-refractivity contribution >= 4 is 17.6 Å². The Balaban J connectivity index is 2.29. The van der Waals surface area contributed by atoms with Gasteiger partial charge in [0, 0.05) is 22.8 Å². The fraction of sp³-hybridized carbons (Fsp3) is 0.333. The molecule has 6 heteroatoms. The molecule has 0 unspecified atom stereocenters. The molecule has 1 aromatic heterocycles. The van der Waals surface area contributed by atoms with Crippen LogP contribution in [0.25, 0.3) is 5.69 Å². The first-order chi connectivity index (χ1) is 9.88. The van der Waals surface area contributed by atoms with Crippen LogP contribution in [-0.4, -0.2) is 39.3 Å². The predicted molar refractivity (Wildman–Crippen MR) is 82.0 cm³/mol. The highest BCUT2D eigenvalue weighted by Gasteiger charge is 2.15. The molecule has 0 aliphatic rings. The van der Waals surface area contributed by atoms with Gasteiger partial charge in [0.25, 0.3) is 0 Å². The molecule has 0 aliphatic heterocycles. The standard InChI is InChI=1S/C15H18ClN3O2/c1-10-14(8-18(3)9-15(20)21)11(2)19(17-10)13-6-4-12(16)5-7-13/h4-7H,8-9H2,1-3H3,(H,20,21). The summed E-state index contributed by atoms with van der Waals surface area (Å²) in [6, 6.07) is 7.46. The lowest BCUT2D eigenvalue weighted by atomic mass is 10.2. The number of carboxylic acid groups (broad SMARTS) is 1. The van der Waals surface area contributed by atoms with Gasteiger partial charge in [-0.1, -0.05) is 11.6 Å². The SMILES string of the molecule is Cc1nn(-c2ccc(Cl)cc2)c(C)c1CN(C)CC(=O)O. The molecule has 5 nitrogen and oxygen atoms in total. The fourth-order valence-corrected chi connectivity index (χ4v) is 2.42. The van der Waals surface area contributed by atoms with E-state index in [0.717, 1.165) is 22.6 Å². The quantitative estimate of drug-likeness (QED) is 0.922. The minimum atomic E-state index is -0.835. The van der Waals surface area contributed by atoms with E-state index in [4.69, 9.17) is 16.7 Å². The maximum Gasteiger partial charge on any atom is 0.317 e. The molecule has 0 saturated carbocycles. The van der Waals surface area contributed by atoms with E-state index in [-0.39, 0.29) is 6.54 Å². The maximum absolute atomic E-state index is 10.8. The second kappa shape index (κ2) is 6.28. The van der Waals surface area contributed by atoms with Crippen LogP contribution in [0.3, 0.4) is 0 Å². The highest BCUT2D eigenvalue weighted by Crippen LogP contribution is 2.20. The molecule has 0 aliphatic carbocycles. The van der Waals surface area contributed by atoms with Crippen molar-refractivity contribution in [1.82, 2.24) is 14.7 Å². The fourth-order valence-electron chi connectivity index (χ4n) is 2.29. The molecule has 2 rings (SSSR count). The number of halogens is 1. The van der Waals surface area contributed by atoms with Crippen molar-refractivity contribution in [2.45, 2.75) is 20.4 Å². The lowest BCUT2D eigenvalue weighted by Gasteiger charge is -2.14. The summed E-state index contributed by atoms with van der Waals surface area (Å²) in [5.41, 5.74) is 3.90. The van der Waals surface area contributed by atoms with Crippen molar-refractivity contribution in [3.63, 3.8) is 0 Å². The number of hydrogen-bond donors (Lipinski definition) is 1. The normalized spacial score (nSPS) is 11.1. The molecule has 1 aromatic carbocycles. The molecule has 21 heavy (non-hydrogen) atoms. The van der Waals surface area contributed by atoms with E-state index in [1.54, 1.807) is 11.9 Å². The van der Waals surface area contributed by atoms with E-state index in [1.807, 2.05) is 42.8 Å². The van der Waals surface area contributed by atoms with Crippen LogP contribution in [0, 0.1) is 13.8 Å². The molecule has 0 amide bonds. The third-order valence-corrected chi connectivity index (χ3v) is 3.60. The lowest BCUT2D eigenvalue weighted by molar-refractivity contribution is -0.138. The molecular weight excluding hydrogens is 290 g/mol. The van der Waals surface area contributed by atoms with Crippen LogP contribution in [0.4, 0.5) is 0 Å².